The zero-order chi connectivity index (χ0) is 14.6. The van der Waals surface area contributed by atoms with E-state index in [1.807, 2.05) is 0 Å². The maximum Gasteiger partial charge on any atom is 0.317 e. The Kier molecular flexibility index (Phi) is 5.14. The van der Waals surface area contributed by atoms with Gasteiger partial charge in [0, 0.05) is 39.1 Å². The zero-order valence-corrected chi connectivity index (χ0v) is 11.5. The first-order chi connectivity index (χ1) is 8.82. The SMILES string of the molecule is CC(=O)N1CCN(C(=O)NC(C)C(C)C(=O)O)CC1. The molecule has 0 radical (unpaired) electrons. The van der Waals surface area contributed by atoms with E-state index in [9.17, 15) is 14.4 Å². The van der Waals surface area contributed by atoms with Crippen molar-refractivity contribution in [3.05, 3.63) is 0 Å². The molecule has 7 nitrogen and oxygen atoms in total. The first-order valence-electron chi connectivity index (χ1n) is 6.36. The molecule has 3 amide bonds. The third-order valence-electron chi connectivity index (χ3n) is 3.50. The van der Waals surface area contributed by atoms with Gasteiger partial charge in [-0.15, -0.1) is 0 Å². The number of piperazine rings is 1. The highest BCUT2D eigenvalue weighted by Gasteiger charge is 2.26. The Bertz CT molecular complexity index is 364. The summed E-state index contributed by atoms with van der Waals surface area (Å²) in [4.78, 5) is 37.2. The second-order valence-corrected chi connectivity index (χ2v) is 4.86. The summed E-state index contributed by atoms with van der Waals surface area (Å²) in [6, 6.07) is -0.709. The van der Waals surface area contributed by atoms with Crippen molar-refractivity contribution >= 4 is 17.9 Å². The Morgan fingerprint density at radius 1 is 1.05 bits per heavy atom. The lowest BCUT2D eigenvalue weighted by molar-refractivity contribution is -0.141. The summed E-state index contributed by atoms with van der Waals surface area (Å²) in [5.41, 5.74) is 0. The lowest BCUT2D eigenvalue weighted by Gasteiger charge is -2.35. The van der Waals surface area contributed by atoms with Crippen molar-refractivity contribution < 1.29 is 19.5 Å². The van der Waals surface area contributed by atoms with Crippen LogP contribution >= 0.6 is 0 Å². The standard InChI is InChI=1S/C12H21N3O4/c1-8(11(17)18)9(2)13-12(19)15-6-4-14(5-7-15)10(3)16/h8-9H,4-7H2,1-3H3,(H,13,19)(H,17,18). The molecule has 1 saturated heterocycles. The van der Waals surface area contributed by atoms with Gasteiger partial charge in [0.1, 0.15) is 0 Å². The van der Waals surface area contributed by atoms with E-state index >= 15 is 0 Å². The van der Waals surface area contributed by atoms with Crippen LogP contribution in [0.15, 0.2) is 0 Å². The summed E-state index contributed by atoms with van der Waals surface area (Å²) in [6.07, 6.45) is 0. The van der Waals surface area contributed by atoms with Crippen LogP contribution in [0.3, 0.4) is 0 Å². The number of amides is 3. The highest BCUT2D eigenvalue weighted by Crippen LogP contribution is 2.06. The molecule has 0 aromatic carbocycles. The number of hydrogen-bond donors (Lipinski definition) is 2. The van der Waals surface area contributed by atoms with Crippen LogP contribution in [0.4, 0.5) is 4.79 Å². The van der Waals surface area contributed by atoms with Gasteiger partial charge in [0.05, 0.1) is 5.92 Å². The van der Waals surface area contributed by atoms with Crippen LogP contribution in [0.1, 0.15) is 20.8 Å². The number of aliphatic carboxylic acids is 1. The number of urea groups is 1. The molecule has 2 unspecified atom stereocenters. The molecule has 0 saturated carbocycles. The molecule has 19 heavy (non-hydrogen) atoms. The third kappa shape index (κ3) is 4.11. The normalized spacial score (nSPS) is 18.7. The van der Waals surface area contributed by atoms with Crippen LogP contribution < -0.4 is 5.32 Å². The third-order valence-corrected chi connectivity index (χ3v) is 3.50. The van der Waals surface area contributed by atoms with Gasteiger partial charge in [-0.2, -0.15) is 0 Å². The molecular formula is C12H21N3O4. The van der Waals surface area contributed by atoms with Gasteiger partial charge >= 0.3 is 12.0 Å². The Morgan fingerprint density at radius 2 is 1.53 bits per heavy atom. The van der Waals surface area contributed by atoms with Gasteiger partial charge in [-0.25, -0.2) is 4.79 Å². The smallest absolute Gasteiger partial charge is 0.317 e. The van der Waals surface area contributed by atoms with Gasteiger partial charge in [0.25, 0.3) is 0 Å². The van der Waals surface area contributed by atoms with Crippen LogP contribution in [0.25, 0.3) is 0 Å². The quantitative estimate of drug-likeness (QED) is 0.754. The van der Waals surface area contributed by atoms with E-state index in [0.29, 0.717) is 26.2 Å². The van der Waals surface area contributed by atoms with Crippen molar-refractivity contribution in [3.63, 3.8) is 0 Å². The van der Waals surface area contributed by atoms with Gasteiger partial charge in [-0.3, -0.25) is 9.59 Å². The van der Waals surface area contributed by atoms with Crippen LogP contribution in [0, 0.1) is 5.92 Å². The zero-order valence-electron chi connectivity index (χ0n) is 11.5. The molecule has 1 aliphatic rings. The predicted octanol–water partition coefficient (Wildman–Crippen LogP) is -0.0307. The van der Waals surface area contributed by atoms with Gasteiger partial charge in [-0.05, 0) is 13.8 Å². The van der Waals surface area contributed by atoms with E-state index in [1.165, 1.54) is 6.92 Å². The van der Waals surface area contributed by atoms with Gasteiger partial charge < -0.3 is 20.2 Å². The molecule has 1 fully saturated rings. The van der Waals surface area contributed by atoms with E-state index in [-0.39, 0.29) is 11.9 Å². The number of hydrogen-bond acceptors (Lipinski definition) is 3. The predicted molar refractivity (Wildman–Crippen MR) is 68.6 cm³/mol. The highest BCUT2D eigenvalue weighted by atomic mass is 16.4. The van der Waals surface area contributed by atoms with Crippen molar-refractivity contribution in [3.8, 4) is 0 Å². The molecule has 2 N–H and O–H groups in total. The summed E-state index contributed by atoms with van der Waals surface area (Å²) >= 11 is 0. The molecule has 1 aliphatic heterocycles. The minimum Gasteiger partial charge on any atom is -0.481 e. The lowest BCUT2D eigenvalue weighted by Crippen LogP contribution is -2.54. The van der Waals surface area contributed by atoms with Gasteiger partial charge in [-0.1, -0.05) is 0 Å². The van der Waals surface area contributed by atoms with Crippen LogP contribution in [-0.4, -0.2) is 65.0 Å². The molecule has 0 aromatic rings. The van der Waals surface area contributed by atoms with E-state index in [0.717, 1.165) is 0 Å². The molecule has 7 heteroatoms. The fourth-order valence-corrected chi connectivity index (χ4v) is 1.85. The minimum atomic E-state index is -0.936. The fourth-order valence-electron chi connectivity index (χ4n) is 1.85. The maximum atomic E-state index is 11.9. The minimum absolute atomic E-state index is 0.00734. The average molecular weight is 271 g/mol. The Balaban J connectivity index is 2.43. The van der Waals surface area contributed by atoms with Crippen molar-refractivity contribution in [2.24, 2.45) is 5.92 Å². The van der Waals surface area contributed by atoms with Crippen LogP contribution in [0.2, 0.25) is 0 Å². The molecule has 1 rings (SSSR count). The van der Waals surface area contributed by atoms with Crippen molar-refractivity contribution in [1.29, 1.82) is 0 Å². The monoisotopic (exact) mass is 271 g/mol. The largest absolute Gasteiger partial charge is 0.481 e. The highest BCUT2D eigenvalue weighted by molar-refractivity contribution is 5.77. The molecule has 0 bridgehead atoms. The van der Waals surface area contributed by atoms with Gasteiger partial charge in [0.2, 0.25) is 5.91 Å². The number of nitrogens with one attached hydrogen (secondary N) is 1. The number of carbonyl (C=O) groups is 3. The van der Waals surface area contributed by atoms with Crippen molar-refractivity contribution in [1.82, 2.24) is 15.1 Å². The molecule has 0 aliphatic carbocycles. The molecule has 2 atom stereocenters. The maximum absolute atomic E-state index is 11.9. The van der Waals surface area contributed by atoms with Crippen molar-refractivity contribution in [2.75, 3.05) is 26.2 Å². The number of carboxylic acids is 1. The molecule has 108 valence electrons. The van der Waals surface area contributed by atoms with Gasteiger partial charge in [0.15, 0.2) is 0 Å². The van der Waals surface area contributed by atoms with E-state index < -0.39 is 17.9 Å². The van der Waals surface area contributed by atoms with E-state index in [4.69, 9.17) is 5.11 Å². The summed E-state index contributed by atoms with van der Waals surface area (Å²) in [7, 11) is 0. The topological polar surface area (TPSA) is 90.0 Å². The Hall–Kier alpha value is -1.79. The Morgan fingerprint density at radius 3 is 1.95 bits per heavy atom. The van der Waals surface area contributed by atoms with E-state index in [2.05, 4.69) is 5.32 Å². The van der Waals surface area contributed by atoms with E-state index in [1.54, 1.807) is 23.6 Å². The number of carbonyl (C=O) groups excluding carboxylic acids is 2. The first-order valence-corrected chi connectivity index (χ1v) is 6.36. The molecule has 0 aromatic heterocycles. The Labute approximate surface area is 112 Å². The van der Waals surface area contributed by atoms with Crippen LogP contribution in [-0.2, 0) is 9.59 Å². The second-order valence-electron chi connectivity index (χ2n) is 4.86. The summed E-state index contributed by atoms with van der Waals surface area (Å²) in [5, 5.41) is 11.5. The van der Waals surface area contributed by atoms with Crippen molar-refractivity contribution in [2.45, 2.75) is 26.8 Å². The van der Waals surface area contributed by atoms with Crippen LogP contribution in [0.5, 0.6) is 0 Å². The average Bonchev–Trinajstić information content (AvgIpc) is 2.37. The molecule has 1 heterocycles. The fraction of sp³-hybridized carbons (Fsp3) is 0.750. The lowest BCUT2D eigenvalue weighted by atomic mass is 10.0. The molecule has 0 spiro atoms. The summed E-state index contributed by atoms with van der Waals surface area (Å²) in [6.45, 7) is 6.71. The first kappa shape index (κ1) is 15.3. The summed E-state index contributed by atoms with van der Waals surface area (Å²) in [5.74, 6) is -1.57. The number of rotatable bonds is 3. The number of carboxylic acid groups (broad SMARTS) is 1. The summed E-state index contributed by atoms with van der Waals surface area (Å²) < 4.78 is 0. The second kappa shape index (κ2) is 6.40. The molecular weight excluding hydrogens is 250 g/mol. The number of nitrogens with zero attached hydrogens (tertiary/aromatic N) is 2.